The lowest BCUT2D eigenvalue weighted by Crippen LogP contribution is -2.26. The summed E-state index contributed by atoms with van der Waals surface area (Å²) in [6.07, 6.45) is 0. The van der Waals surface area contributed by atoms with Gasteiger partial charge in [0.1, 0.15) is 0 Å². The van der Waals surface area contributed by atoms with E-state index in [1.54, 1.807) is 13.8 Å². The predicted molar refractivity (Wildman–Crippen MR) is 70.6 cm³/mol. The molecule has 0 aromatic heterocycles. The summed E-state index contributed by atoms with van der Waals surface area (Å²) >= 11 is 5.81. The molecule has 0 bridgehead atoms. The highest BCUT2D eigenvalue weighted by atomic mass is 35.5. The van der Waals surface area contributed by atoms with Gasteiger partial charge in [-0.05, 0) is 31.5 Å². The number of sulfonamides is 1. The van der Waals surface area contributed by atoms with Crippen LogP contribution in [0.5, 0.6) is 0 Å². The molecule has 0 saturated heterocycles. The summed E-state index contributed by atoms with van der Waals surface area (Å²) in [5.41, 5.74) is 7.13. The van der Waals surface area contributed by atoms with Gasteiger partial charge in [-0.1, -0.05) is 23.8 Å². The Balaban J connectivity index is 3.15. The molecule has 4 nitrogen and oxygen atoms in total. The van der Waals surface area contributed by atoms with Crippen molar-refractivity contribution in [3.05, 3.63) is 34.9 Å². The minimum Gasteiger partial charge on any atom is -0.397 e. The average Bonchev–Trinajstić information content (AvgIpc) is 2.20. The highest BCUT2D eigenvalue weighted by Gasteiger charge is 2.17. The molecule has 0 aliphatic heterocycles. The summed E-state index contributed by atoms with van der Waals surface area (Å²) in [4.78, 5) is 0.139. The van der Waals surface area contributed by atoms with Gasteiger partial charge in [0.25, 0.3) is 0 Å². The Kier molecular flexibility index (Phi) is 4.19. The number of halogens is 1. The van der Waals surface area contributed by atoms with E-state index in [1.807, 2.05) is 0 Å². The highest BCUT2D eigenvalue weighted by Crippen LogP contribution is 2.25. The van der Waals surface area contributed by atoms with Crippen LogP contribution in [0.15, 0.2) is 29.2 Å². The molecule has 6 heteroatoms. The van der Waals surface area contributed by atoms with Gasteiger partial charge in [-0.2, -0.15) is 0 Å². The van der Waals surface area contributed by atoms with Gasteiger partial charge >= 0.3 is 0 Å². The zero-order chi connectivity index (χ0) is 13.2. The van der Waals surface area contributed by atoms with Gasteiger partial charge in [0.15, 0.2) is 0 Å². The van der Waals surface area contributed by atoms with Crippen molar-refractivity contribution in [3.8, 4) is 0 Å². The lowest BCUT2D eigenvalue weighted by atomic mass is 10.2. The van der Waals surface area contributed by atoms with Gasteiger partial charge in [-0.25, -0.2) is 13.1 Å². The third-order valence-electron chi connectivity index (χ3n) is 2.15. The Morgan fingerprint density at radius 1 is 1.53 bits per heavy atom. The largest absolute Gasteiger partial charge is 0.397 e. The Labute approximate surface area is 107 Å². The number of nitrogen functional groups attached to an aromatic ring is 1. The number of anilines is 1. The van der Waals surface area contributed by atoms with Crippen LogP contribution in [0.1, 0.15) is 12.5 Å². The third-order valence-corrected chi connectivity index (χ3v) is 4.02. The highest BCUT2D eigenvalue weighted by molar-refractivity contribution is 7.89. The maximum atomic E-state index is 12.0. The summed E-state index contributed by atoms with van der Waals surface area (Å²) in [5, 5.41) is 0.348. The van der Waals surface area contributed by atoms with Crippen molar-refractivity contribution in [1.29, 1.82) is 0 Å². The Morgan fingerprint density at radius 2 is 2.12 bits per heavy atom. The summed E-state index contributed by atoms with van der Waals surface area (Å²) in [7, 11) is -3.57. The topological polar surface area (TPSA) is 72.2 Å². The number of hydrogen-bond acceptors (Lipinski definition) is 3. The maximum absolute atomic E-state index is 12.0. The van der Waals surface area contributed by atoms with Crippen LogP contribution in [0.3, 0.4) is 0 Å². The molecule has 0 saturated carbocycles. The minimum atomic E-state index is -3.57. The molecule has 0 fully saturated rings. The molecule has 0 heterocycles. The number of nitrogens with one attached hydrogen (secondary N) is 1. The Bertz CT molecular complexity index is 553. The first-order valence-corrected chi connectivity index (χ1v) is 6.80. The van der Waals surface area contributed by atoms with E-state index in [2.05, 4.69) is 11.3 Å². The fourth-order valence-electron chi connectivity index (χ4n) is 1.25. The van der Waals surface area contributed by atoms with Crippen LogP contribution in [0.25, 0.3) is 0 Å². The summed E-state index contributed by atoms with van der Waals surface area (Å²) in [5.74, 6) is 0. The van der Waals surface area contributed by atoms with E-state index in [4.69, 9.17) is 17.3 Å². The first-order valence-electron chi connectivity index (χ1n) is 4.93. The second-order valence-electron chi connectivity index (χ2n) is 3.92. The van der Waals surface area contributed by atoms with Crippen molar-refractivity contribution >= 4 is 27.3 Å². The van der Waals surface area contributed by atoms with Crippen molar-refractivity contribution in [2.45, 2.75) is 18.7 Å². The first kappa shape index (κ1) is 14.0. The van der Waals surface area contributed by atoms with Crippen molar-refractivity contribution in [1.82, 2.24) is 4.72 Å². The molecule has 0 aliphatic carbocycles. The van der Waals surface area contributed by atoms with Gasteiger partial charge in [-0.15, -0.1) is 0 Å². The number of aryl methyl sites for hydroxylation is 1. The molecule has 17 heavy (non-hydrogen) atoms. The molecule has 0 spiro atoms. The number of benzene rings is 1. The molecule has 94 valence electrons. The summed E-state index contributed by atoms with van der Waals surface area (Å²) in [6.45, 7) is 7.24. The summed E-state index contributed by atoms with van der Waals surface area (Å²) < 4.78 is 26.4. The molecule has 0 radical (unpaired) electrons. The second-order valence-corrected chi connectivity index (χ2v) is 6.06. The molecule has 0 amide bonds. The predicted octanol–water partition coefficient (Wildman–Crippen LogP) is 2.09. The fraction of sp³-hybridized carbons (Fsp3) is 0.273. The molecule has 1 rings (SSSR count). The normalized spacial score (nSPS) is 11.5. The van der Waals surface area contributed by atoms with Crippen LogP contribution in [0.4, 0.5) is 5.69 Å². The van der Waals surface area contributed by atoms with Gasteiger partial charge < -0.3 is 5.73 Å². The van der Waals surface area contributed by atoms with Crippen LogP contribution in [-0.4, -0.2) is 15.0 Å². The zero-order valence-corrected chi connectivity index (χ0v) is 11.3. The van der Waals surface area contributed by atoms with E-state index in [0.29, 0.717) is 10.6 Å². The maximum Gasteiger partial charge on any atom is 0.241 e. The Hall–Kier alpha value is -1.04. The molecule has 0 unspecified atom stereocenters. The van der Waals surface area contributed by atoms with Crippen LogP contribution in [-0.2, 0) is 10.0 Å². The SMILES string of the molecule is C=C(C)CNS(=O)(=O)c1cc(N)c(Cl)cc1C. The molecule has 0 atom stereocenters. The van der Waals surface area contributed by atoms with Crippen molar-refractivity contribution in [2.24, 2.45) is 0 Å². The number of rotatable bonds is 4. The standard InChI is InChI=1S/C11H15ClN2O2S/c1-7(2)6-14-17(15,16)11-5-10(13)9(12)4-8(11)3/h4-5,14H,1,6,13H2,2-3H3. The first-order chi connectivity index (χ1) is 7.74. The van der Waals surface area contributed by atoms with Crippen molar-refractivity contribution in [3.63, 3.8) is 0 Å². The van der Waals surface area contributed by atoms with Gasteiger partial charge in [0.2, 0.25) is 10.0 Å². The lowest BCUT2D eigenvalue weighted by Gasteiger charge is -2.10. The smallest absolute Gasteiger partial charge is 0.241 e. The van der Waals surface area contributed by atoms with Crippen LogP contribution < -0.4 is 10.5 Å². The molecule has 3 N–H and O–H groups in total. The van der Waals surface area contributed by atoms with Crippen LogP contribution >= 0.6 is 11.6 Å². The minimum absolute atomic E-state index is 0.139. The molecule has 1 aromatic rings. The quantitative estimate of drug-likeness (QED) is 0.652. The van der Waals surface area contributed by atoms with E-state index in [9.17, 15) is 8.42 Å². The van der Waals surface area contributed by atoms with Crippen LogP contribution in [0.2, 0.25) is 5.02 Å². The van der Waals surface area contributed by atoms with E-state index in [0.717, 1.165) is 5.57 Å². The molecule has 0 aliphatic rings. The second kappa shape index (κ2) is 5.08. The van der Waals surface area contributed by atoms with E-state index in [-0.39, 0.29) is 17.1 Å². The molecule has 1 aromatic carbocycles. The van der Waals surface area contributed by atoms with E-state index >= 15 is 0 Å². The van der Waals surface area contributed by atoms with Gasteiger partial charge in [0.05, 0.1) is 15.6 Å². The van der Waals surface area contributed by atoms with Crippen LogP contribution in [0, 0.1) is 6.92 Å². The van der Waals surface area contributed by atoms with Crippen molar-refractivity contribution < 1.29 is 8.42 Å². The molecular formula is C11H15ClN2O2S. The van der Waals surface area contributed by atoms with E-state index < -0.39 is 10.0 Å². The van der Waals surface area contributed by atoms with Gasteiger partial charge in [0, 0.05) is 6.54 Å². The van der Waals surface area contributed by atoms with Crippen molar-refractivity contribution in [2.75, 3.05) is 12.3 Å². The fourth-order valence-corrected chi connectivity index (χ4v) is 2.83. The zero-order valence-electron chi connectivity index (χ0n) is 9.75. The number of nitrogens with two attached hydrogens (primary N) is 1. The third kappa shape index (κ3) is 3.46. The Morgan fingerprint density at radius 3 is 2.65 bits per heavy atom. The number of hydrogen-bond donors (Lipinski definition) is 2. The average molecular weight is 275 g/mol. The lowest BCUT2D eigenvalue weighted by molar-refractivity contribution is 0.584. The van der Waals surface area contributed by atoms with E-state index in [1.165, 1.54) is 12.1 Å². The summed E-state index contributed by atoms with van der Waals surface area (Å²) in [6, 6.07) is 2.89. The van der Waals surface area contributed by atoms with Gasteiger partial charge in [-0.3, -0.25) is 0 Å². The molecular weight excluding hydrogens is 260 g/mol. The monoisotopic (exact) mass is 274 g/mol.